The molecule has 0 amide bonds. The van der Waals surface area contributed by atoms with Crippen LogP contribution in [0.1, 0.15) is 26.7 Å². The van der Waals surface area contributed by atoms with Crippen molar-refractivity contribution in [1.29, 1.82) is 0 Å². The van der Waals surface area contributed by atoms with E-state index < -0.39 is 0 Å². The zero-order valence-corrected chi connectivity index (χ0v) is 11.6. The number of aromatic nitrogens is 1. The molecule has 1 saturated heterocycles. The lowest BCUT2D eigenvalue weighted by Gasteiger charge is -2.33. The SMILES string of the molecule is CNC1CCN(c2ncccc2NC(C)C)CC1. The van der Waals surface area contributed by atoms with Gasteiger partial charge in [0.15, 0.2) is 5.82 Å². The highest BCUT2D eigenvalue weighted by Gasteiger charge is 2.20. The molecule has 0 radical (unpaired) electrons. The van der Waals surface area contributed by atoms with E-state index in [2.05, 4.69) is 40.4 Å². The Kier molecular flexibility index (Phi) is 4.42. The molecular weight excluding hydrogens is 224 g/mol. The lowest BCUT2D eigenvalue weighted by Crippen LogP contribution is -2.41. The first-order chi connectivity index (χ1) is 8.70. The van der Waals surface area contributed by atoms with Crippen LogP contribution in [0.15, 0.2) is 18.3 Å². The minimum Gasteiger partial charge on any atom is -0.380 e. The van der Waals surface area contributed by atoms with E-state index in [4.69, 9.17) is 0 Å². The van der Waals surface area contributed by atoms with E-state index in [9.17, 15) is 0 Å². The number of nitrogens with one attached hydrogen (secondary N) is 2. The topological polar surface area (TPSA) is 40.2 Å². The standard InChI is InChI=1S/C14H24N4/c1-11(2)17-13-5-4-8-16-14(13)18-9-6-12(15-3)7-10-18/h4-5,8,11-12,15,17H,6-7,9-10H2,1-3H3. The normalized spacial score (nSPS) is 17.2. The highest BCUT2D eigenvalue weighted by atomic mass is 15.2. The maximum Gasteiger partial charge on any atom is 0.151 e. The fourth-order valence-corrected chi connectivity index (χ4v) is 2.45. The zero-order valence-electron chi connectivity index (χ0n) is 11.6. The maximum atomic E-state index is 4.55. The third-order valence-corrected chi connectivity index (χ3v) is 3.43. The van der Waals surface area contributed by atoms with Crippen LogP contribution in [-0.2, 0) is 0 Å². The molecule has 0 saturated carbocycles. The molecule has 0 spiro atoms. The van der Waals surface area contributed by atoms with Gasteiger partial charge in [0.1, 0.15) is 0 Å². The Balaban J connectivity index is 2.08. The summed E-state index contributed by atoms with van der Waals surface area (Å²) in [7, 11) is 2.05. The van der Waals surface area contributed by atoms with Gasteiger partial charge < -0.3 is 15.5 Å². The largest absolute Gasteiger partial charge is 0.380 e. The summed E-state index contributed by atoms with van der Waals surface area (Å²) in [4.78, 5) is 6.94. The van der Waals surface area contributed by atoms with Gasteiger partial charge in [0, 0.05) is 31.4 Å². The first-order valence-electron chi connectivity index (χ1n) is 6.84. The van der Waals surface area contributed by atoms with Gasteiger partial charge in [-0.3, -0.25) is 0 Å². The molecule has 1 aliphatic heterocycles. The number of hydrogen-bond donors (Lipinski definition) is 2. The summed E-state index contributed by atoms with van der Waals surface area (Å²) in [5.74, 6) is 1.10. The summed E-state index contributed by atoms with van der Waals surface area (Å²) < 4.78 is 0. The number of anilines is 2. The Bertz CT molecular complexity index is 370. The molecule has 1 aromatic heterocycles. The summed E-state index contributed by atoms with van der Waals surface area (Å²) in [5.41, 5.74) is 1.15. The lowest BCUT2D eigenvalue weighted by molar-refractivity contribution is 0.441. The van der Waals surface area contributed by atoms with E-state index >= 15 is 0 Å². The minimum atomic E-state index is 0.433. The minimum absolute atomic E-state index is 0.433. The van der Waals surface area contributed by atoms with Gasteiger partial charge in [0.05, 0.1) is 5.69 Å². The molecule has 1 aromatic rings. The third kappa shape index (κ3) is 3.13. The van der Waals surface area contributed by atoms with E-state index in [0.29, 0.717) is 12.1 Å². The first-order valence-corrected chi connectivity index (χ1v) is 6.84. The molecule has 0 atom stereocenters. The number of rotatable bonds is 4. The Hall–Kier alpha value is -1.29. The van der Waals surface area contributed by atoms with Crippen LogP contribution in [0.25, 0.3) is 0 Å². The Morgan fingerprint density at radius 2 is 2.06 bits per heavy atom. The molecule has 2 rings (SSSR count). The summed E-state index contributed by atoms with van der Waals surface area (Å²) in [5, 5.41) is 6.84. The molecule has 0 aromatic carbocycles. The average molecular weight is 248 g/mol. The van der Waals surface area contributed by atoms with Crippen LogP contribution in [0.2, 0.25) is 0 Å². The van der Waals surface area contributed by atoms with Crippen LogP contribution in [-0.4, -0.2) is 37.2 Å². The third-order valence-electron chi connectivity index (χ3n) is 3.43. The van der Waals surface area contributed by atoms with E-state index in [1.165, 1.54) is 12.8 Å². The fraction of sp³-hybridized carbons (Fsp3) is 0.643. The van der Waals surface area contributed by atoms with Crippen molar-refractivity contribution in [2.75, 3.05) is 30.4 Å². The zero-order chi connectivity index (χ0) is 13.0. The molecule has 2 heterocycles. The monoisotopic (exact) mass is 248 g/mol. The predicted octanol–water partition coefficient (Wildman–Crippen LogP) is 2.09. The highest BCUT2D eigenvalue weighted by Crippen LogP contribution is 2.26. The second kappa shape index (κ2) is 6.05. The van der Waals surface area contributed by atoms with Crippen LogP contribution in [0.4, 0.5) is 11.5 Å². The second-order valence-electron chi connectivity index (χ2n) is 5.22. The highest BCUT2D eigenvalue weighted by molar-refractivity contribution is 5.65. The van der Waals surface area contributed by atoms with Crippen molar-refractivity contribution < 1.29 is 0 Å². The molecule has 4 heteroatoms. The smallest absolute Gasteiger partial charge is 0.151 e. The van der Waals surface area contributed by atoms with E-state index in [-0.39, 0.29) is 0 Å². The van der Waals surface area contributed by atoms with Gasteiger partial charge in [-0.1, -0.05) is 0 Å². The predicted molar refractivity (Wildman–Crippen MR) is 77.3 cm³/mol. The Morgan fingerprint density at radius 1 is 1.33 bits per heavy atom. The first kappa shape index (κ1) is 13.1. The second-order valence-corrected chi connectivity index (χ2v) is 5.22. The number of hydrogen-bond acceptors (Lipinski definition) is 4. The average Bonchev–Trinajstić information content (AvgIpc) is 2.39. The molecule has 0 unspecified atom stereocenters. The van der Waals surface area contributed by atoms with Crippen LogP contribution in [0, 0.1) is 0 Å². The quantitative estimate of drug-likeness (QED) is 0.856. The van der Waals surface area contributed by atoms with Gasteiger partial charge in [-0.15, -0.1) is 0 Å². The van der Waals surface area contributed by atoms with Crippen LogP contribution in [0.3, 0.4) is 0 Å². The molecule has 1 aliphatic rings. The Labute approximate surface area is 110 Å². The molecule has 0 aliphatic carbocycles. The van der Waals surface area contributed by atoms with Crippen molar-refractivity contribution in [3.8, 4) is 0 Å². The summed E-state index contributed by atoms with van der Waals surface area (Å²) in [6.07, 6.45) is 4.26. The number of nitrogens with zero attached hydrogens (tertiary/aromatic N) is 2. The van der Waals surface area contributed by atoms with E-state index in [0.717, 1.165) is 24.6 Å². The Morgan fingerprint density at radius 3 is 2.67 bits per heavy atom. The van der Waals surface area contributed by atoms with Crippen molar-refractivity contribution in [3.63, 3.8) is 0 Å². The molecular formula is C14H24N4. The maximum absolute atomic E-state index is 4.55. The van der Waals surface area contributed by atoms with E-state index in [1.54, 1.807) is 0 Å². The van der Waals surface area contributed by atoms with Crippen molar-refractivity contribution in [2.45, 2.75) is 38.8 Å². The molecule has 0 bridgehead atoms. The van der Waals surface area contributed by atoms with Crippen molar-refractivity contribution in [3.05, 3.63) is 18.3 Å². The fourth-order valence-electron chi connectivity index (χ4n) is 2.45. The van der Waals surface area contributed by atoms with Crippen LogP contribution in [0.5, 0.6) is 0 Å². The lowest BCUT2D eigenvalue weighted by atomic mass is 10.1. The number of piperidine rings is 1. The van der Waals surface area contributed by atoms with Gasteiger partial charge in [-0.05, 0) is 45.9 Å². The van der Waals surface area contributed by atoms with Gasteiger partial charge in [0.2, 0.25) is 0 Å². The van der Waals surface area contributed by atoms with Gasteiger partial charge >= 0.3 is 0 Å². The van der Waals surface area contributed by atoms with E-state index in [1.807, 2.05) is 19.3 Å². The summed E-state index contributed by atoms with van der Waals surface area (Å²) >= 11 is 0. The summed E-state index contributed by atoms with van der Waals surface area (Å²) in [6.45, 7) is 6.47. The summed E-state index contributed by atoms with van der Waals surface area (Å²) in [6, 6.07) is 5.20. The van der Waals surface area contributed by atoms with Crippen LogP contribution < -0.4 is 15.5 Å². The van der Waals surface area contributed by atoms with Gasteiger partial charge in [0.25, 0.3) is 0 Å². The molecule has 18 heavy (non-hydrogen) atoms. The van der Waals surface area contributed by atoms with Gasteiger partial charge in [-0.2, -0.15) is 0 Å². The molecule has 1 fully saturated rings. The van der Waals surface area contributed by atoms with Gasteiger partial charge in [-0.25, -0.2) is 4.98 Å². The van der Waals surface area contributed by atoms with Crippen molar-refractivity contribution in [2.24, 2.45) is 0 Å². The molecule has 2 N–H and O–H groups in total. The van der Waals surface area contributed by atoms with Crippen molar-refractivity contribution in [1.82, 2.24) is 10.3 Å². The molecule has 4 nitrogen and oxygen atoms in total. The molecule has 100 valence electrons. The van der Waals surface area contributed by atoms with Crippen LogP contribution >= 0.6 is 0 Å². The van der Waals surface area contributed by atoms with Crippen molar-refractivity contribution >= 4 is 11.5 Å². The number of pyridine rings is 1.